The van der Waals surface area contributed by atoms with Crippen LogP contribution < -0.4 is 5.32 Å². The molecule has 0 rings (SSSR count). The molecule has 342 valence electrons. The van der Waals surface area contributed by atoms with E-state index >= 15 is 0 Å². The zero-order valence-electron chi connectivity index (χ0n) is 38.8. The molecular weight excluding hydrogens is 744 g/mol. The Balaban J connectivity index is 4.41. The van der Waals surface area contributed by atoms with Crippen molar-refractivity contribution in [2.45, 2.75) is 231 Å². The number of carbonyl (C=O) groups is 1. The fourth-order valence-electron chi connectivity index (χ4n) is 6.93. The summed E-state index contributed by atoms with van der Waals surface area (Å²) in [5.41, 5.74) is 0. The molecule has 0 radical (unpaired) electrons. The lowest BCUT2D eigenvalue weighted by molar-refractivity contribution is -0.870. The van der Waals surface area contributed by atoms with Crippen LogP contribution in [0, 0.1) is 0 Å². The first-order valence-electron chi connectivity index (χ1n) is 24.4. The molecule has 0 bridgehead atoms. The van der Waals surface area contributed by atoms with Crippen LogP contribution in [0.25, 0.3) is 0 Å². The van der Waals surface area contributed by atoms with Gasteiger partial charge in [0.15, 0.2) is 0 Å². The third-order valence-corrected chi connectivity index (χ3v) is 11.8. The molecule has 0 spiro atoms. The molecule has 0 aliphatic rings. The molecular formula is C49H96N2O6P+. The van der Waals surface area contributed by atoms with Gasteiger partial charge in [-0.05, 0) is 57.8 Å². The van der Waals surface area contributed by atoms with Crippen molar-refractivity contribution < 1.29 is 32.9 Å². The number of nitrogens with one attached hydrogen (secondary N) is 1. The van der Waals surface area contributed by atoms with E-state index in [1.807, 2.05) is 27.2 Å². The maximum absolute atomic E-state index is 12.9. The Kier molecular flexibility index (Phi) is 40.2. The molecule has 1 amide bonds. The summed E-state index contributed by atoms with van der Waals surface area (Å²) >= 11 is 0. The second kappa shape index (κ2) is 41.1. The molecule has 0 fully saturated rings. The van der Waals surface area contributed by atoms with Gasteiger partial charge in [0.1, 0.15) is 13.2 Å². The van der Waals surface area contributed by atoms with Crippen LogP contribution in [0.4, 0.5) is 0 Å². The van der Waals surface area contributed by atoms with Gasteiger partial charge in [-0.3, -0.25) is 13.8 Å². The predicted molar refractivity (Wildman–Crippen MR) is 249 cm³/mol. The smallest absolute Gasteiger partial charge is 0.387 e. The molecule has 8 nitrogen and oxygen atoms in total. The summed E-state index contributed by atoms with van der Waals surface area (Å²) in [4.78, 5) is 23.2. The Bertz CT molecular complexity index is 1040. The SMILES string of the molecule is CCCCCCCC/C=C\CCCCCCCCCC(=O)NC(COP(=O)(O)OCC[N+](C)(C)C)C(O)/C=C/CC/C=C/CCCCCCCCCCCCCCC. The highest BCUT2D eigenvalue weighted by Crippen LogP contribution is 2.43. The lowest BCUT2D eigenvalue weighted by Gasteiger charge is -2.25. The van der Waals surface area contributed by atoms with E-state index in [9.17, 15) is 19.4 Å². The largest absolute Gasteiger partial charge is 0.472 e. The number of hydrogen-bond donors (Lipinski definition) is 3. The Morgan fingerprint density at radius 3 is 1.38 bits per heavy atom. The van der Waals surface area contributed by atoms with E-state index in [0.717, 1.165) is 38.5 Å². The maximum atomic E-state index is 12.9. The molecule has 0 aromatic rings. The van der Waals surface area contributed by atoms with Crippen LogP contribution in [0.15, 0.2) is 36.5 Å². The molecule has 0 saturated heterocycles. The fraction of sp³-hybridized carbons (Fsp3) is 0.857. The normalized spacial score (nSPS) is 14.5. The summed E-state index contributed by atoms with van der Waals surface area (Å²) in [5, 5.41) is 13.8. The number of unbranched alkanes of at least 4 members (excludes halogenated alkanes) is 27. The molecule has 3 N–H and O–H groups in total. The molecule has 58 heavy (non-hydrogen) atoms. The van der Waals surface area contributed by atoms with Gasteiger partial charge in [-0.1, -0.05) is 192 Å². The monoisotopic (exact) mass is 840 g/mol. The van der Waals surface area contributed by atoms with Gasteiger partial charge < -0.3 is 19.8 Å². The Hall–Kier alpha value is -1.28. The molecule has 0 heterocycles. The van der Waals surface area contributed by atoms with Crippen LogP contribution in [0.5, 0.6) is 0 Å². The van der Waals surface area contributed by atoms with Crippen molar-refractivity contribution in [3.8, 4) is 0 Å². The van der Waals surface area contributed by atoms with Crippen molar-refractivity contribution in [1.82, 2.24) is 5.32 Å². The molecule has 0 aliphatic heterocycles. The summed E-state index contributed by atoms with van der Waals surface area (Å²) in [6.45, 7) is 4.80. The van der Waals surface area contributed by atoms with Gasteiger partial charge in [-0.25, -0.2) is 4.57 Å². The number of carbonyl (C=O) groups excluding carboxylic acids is 1. The summed E-state index contributed by atoms with van der Waals surface area (Å²) in [6, 6.07) is -0.864. The van der Waals surface area contributed by atoms with Gasteiger partial charge in [0.05, 0.1) is 39.9 Å². The van der Waals surface area contributed by atoms with E-state index in [2.05, 4.69) is 43.5 Å². The average Bonchev–Trinajstić information content (AvgIpc) is 3.17. The van der Waals surface area contributed by atoms with Gasteiger partial charge in [-0.2, -0.15) is 0 Å². The van der Waals surface area contributed by atoms with Crippen LogP contribution in [-0.4, -0.2) is 73.4 Å². The van der Waals surface area contributed by atoms with E-state index < -0.39 is 20.0 Å². The lowest BCUT2D eigenvalue weighted by Crippen LogP contribution is -2.45. The van der Waals surface area contributed by atoms with Crippen molar-refractivity contribution in [3.63, 3.8) is 0 Å². The molecule has 9 heteroatoms. The molecule has 0 saturated carbocycles. The van der Waals surface area contributed by atoms with Crippen molar-refractivity contribution in [2.24, 2.45) is 0 Å². The molecule has 0 aromatic heterocycles. The maximum Gasteiger partial charge on any atom is 0.472 e. The standard InChI is InChI=1S/C49H95N2O6P/c1-6-8-10-12-14-16-18-20-22-24-25-27-28-30-32-34-36-38-40-42-48(52)47(46-57-58(54,55)56-45-44-51(3,4)5)50-49(53)43-41-39-37-35-33-31-29-26-23-21-19-17-15-13-11-9-7-2/h21,23,32,34,40,42,47-48,52H,6-20,22,24-31,33,35-39,41,43-46H2,1-5H3,(H-,50,53,54,55)/p+1/b23-21-,34-32+,42-40+. The number of phosphoric acid groups is 1. The van der Waals surface area contributed by atoms with Crippen molar-refractivity contribution >= 4 is 13.7 Å². The number of aliphatic hydroxyl groups excluding tert-OH is 1. The average molecular weight is 840 g/mol. The second-order valence-electron chi connectivity index (χ2n) is 17.8. The first kappa shape index (κ1) is 56.7. The van der Waals surface area contributed by atoms with Gasteiger partial charge in [0.2, 0.25) is 5.91 Å². The van der Waals surface area contributed by atoms with Gasteiger partial charge in [-0.15, -0.1) is 0 Å². The third-order valence-electron chi connectivity index (χ3n) is 10.8. The minimum Gasteiger partial charge on any atom is -0.387 e. The topological polar surface area (TPSA) is 105 Å². The Labute approximate surface area is 359 Å². The summed E-state index contributed by atoms with van der Waals surface area (Å²) < 4.78 is 23.6. The number of allylic oxidation sites excluding steroid dienone is 5. The number of likely N-dealkylation sites (N-methyl/N-ethyl adjacent to an activating group) is 1. The van der Waals surface area contributed by atoms with Crippen LogP contribution >= 0.6 is 7.82 Å². The lowest BCUT2D eigenvalue weighted by atomic mass is 10.0. The zero-order valence-corrected chi connectivity index (χ0v) is 39.7. The van der Waals surface area contributed by atoms with Crippen molar-refractivity contribution in [2.75, 3.05) is 40.9 Å². The fourth-order valence-corrected chi connectivity index (χ4v) is 7.67. The second-order valence-corrected chi connectivity index (χ2v) is 19.3. The third kappa shape index (κ3) is 42.8. The molecule has 3 atom stereocenters. The molecule has 0 aromatic carbocycles. The minimum atomic E-state index is -4.35. The van der Waals surface area contributed by atoms with E-state index in [1.54, 1.807) is 6.08 Å². The van der Waals surface area contributed by atoms with Gasteiger partial charge in [0, 0.05) is 6.42 Å². The number of rotatable bonds is 44. The highest BCUT2D eigenvalue weighted by Gasteiger charge is 2.27. The zero-order chi connectivity index (χ0) is 42.8. The number of aliphatic hydroxyl groups is 1. The van der Waals surface area contributed by atoms with Crippen LogP contribution in [0.2, 0.25) is 0 Å². The quantitative estimate of drug-likeness (QED) is 0.0244. The van der Waals surface area contributed by atoms with Crippen LogP contribution in [0.1, 0.15) is 219 Å². The molecule has 0 aliphatic carbocycles. The summed E-state index contributed by atoms with van der Waals surface area (Å²) in [7, 11) is 1.55. The predicted octanol–water partition coefficient (Wildman–Crippen LogP) is 13.9. The number of quaternary nitrogens is 1. The Morgan fingerprint density at radius 1 is 0.569 bits per heavy atom. The number of nitrogens with zero attached hydrogens (tertiary/aromatic N) is 1. The first-order valence-corrected chi connectivity index (χ1v) is 25.9. The van der Waals surface area contributed by atoms with Crippen molar-refractivity contribution in [1.29, 1.82) is 0 Å². The van der Waals surface area contributed by atoms with E-state index in [4.69, 9.17) is 9.05 Å². The highest BCUT2D eigenvalue weighted by atomic mass is 31.2. The highest BCUT2D eigenvalue weighted by molar-refractivity contribution is 7.47. The van der Waals surface area contributed by atoms with E-state index in [-0.39, 0.29) is 19.1 Å². The molecule has 3 unspecified atom stereocenters. The Morgan fingerprint density at radius 2 is 0.948 bits per heavy atom. The van der Waals surface area contributed by atoms with E-state index in [0.29, 0.717) is 17.4 Å². The first-order chi connectivity index (χ1) is 28.0. The number of phosphoric ester groups is 1. The number of hydrogen-bond acceptors (Lipinski definition) is 5. The van der Waals surface area contributed by atoms with Crippen molar-refractivity contribution in [3.05, 3.63) is 36.5 Å². The van der Waals surface area contributed by atoms with Crippen LogP contribution in [0.3, 0.4) is 0 Å². The van der Waals surface area contributed by atoms with Gasteiger partial charge in [0.25, 0.3) is 0 Å². The van der Waals surface area contributed by atoms with Gasteiger partial charge >= 0.3 is 7.82 Å². The minimum absolute atomic E-state index is 0.0555. The summed E-state index contributed by atoms with van der Waals surface area (Å²) in [6.07, 6.45) is 50.8. The van der Waals surface area contributed by atoms with E-state index in [1.165, 1.54) is 161 Å². The van der Waals surface area contributed by atoms with Crippen LogP contribution in [-0.2, 0) is 18.4 Å². The summed E-state index contributed by atoms with van der Waals surface area (Å²) in [5.74, 6) is -0.191. The number of amides is 1.